The molecule has 1 aliphatic rings. The molecule has 1 amide bonds. The van der Waals surface area contributed by atoms with E-state index in [2.05, 4.69) is 5.32 Å². The van der Waals surface area contributed by atoms with Crippen LogP contribution in [0.3, 0.4) is 0 Å². The molecular weight excluding hydrogens is 258 g/mol. The fraction of sp³-hybridized carbons (Fsp3) is 0.333. The van der Waals surface area contributed by atoms with Crippen LogP contribution in [0, 0.1) is 11.8 Å². The molecule has 20 heavy (non-hydrogen) atoms. The molecule has 0 spiro atoms. The maximum atomic E-state index is 12.2. The summed E-state index contributed by atoms with van der Waals surface area (Å²) in [5.74, 6) is -1.76. The van der Waals surface area contributed by atoms with Crippen molar-refractivity contribution in [3.05, 3.63) is 36.4 Å². The number of allylic oxidation sites excluding steroid dienone is 2. The van der Waals surface area contributed by atoms with Crippen molar-refractivity contribution in [3.8, 4) is 5.75 Å². The Bertz CT molecular complexity index is 538. The first kappa shape index (κ1) is 14.1. The molecule has 2 rings (SSSR count). The Hall–Kier alpha value is -2.30. The van der Waals surface area contributed by atoms with Crippen LogP contribution in [-0.2, 0) is 9.59 Å². The van der Waals surface area contributed by atoms with Crippen molar-refractivity contribution in [1.29, 1.82) is 0 Å². The van der Waals surface area contributed by atoms with E-state index in [1.807, 2.05) is 12.2 Å². The van der Waals surface area contributed by atoms with Gasteiger partial charge in [-0.3, -0.25) is 9.59 Å². The summed E-state index contributed by atoms with van der Waals surface area (Å²) in [6.45, 7) is 0. The summed E-state index contributed by atoms with van der Waals surface area (Å²) in [6.07, 6.45) is 4.52. The zero-order valence-electron chi connectivity index (χ0n) is 11.2. The maximum absolute atomic E-state index is 12.2. The van der Waals surface area contributed by atoms with Gasteiger partial charge in [0, 0.05) is 11.8 Å². The van der Waals surface area contributed by atoms with E-state index in [1.54, 1.807) is 31.4 Å². The van der Waals surface area contributed by atoms with Gasteiger partial charge in [0.25, 0.3) is 0 Å². The van der Waals surface area contributed by atoms with E-state index in [4.69, 9.17) is 4.74 Å². The van der Waals surface area contributed by atoms with Gasteiger partial charge in [0.2, 0.25) is 5.91 Å². The molecule has 5 nitrogen and oxygen atoms in total. The van der Waals surface area contributed by atoms with Gasteiger partial charge in [-0.15, -0.1) is 0 Å². The molecule has 0 saturated carbocycles. The van der Waals surface area contributed by atoms with Crippen LogP contribution in [0.2, 0.25) is 0 Å². The van der Waals surface area contributed by atoms with Crippen molar-refractivity contribution in [3.63, 3.8) is 0 Å². The summed E-state index contributed by atoms with van der Waals surface area (Å²) in [5, 5.41) is 11.9. The van der Waals surface area contributed by atoms with Gasteiger partial charge in [0.05, 0.1) is 18.9 Å². The molecule has 0 radical (unpaired) electrons. The molecule has 0 saturated heterocycles. The summed E-state index contributed by atoms with van der Waals surface area (Å²) >= 11 is 0. The van der Waals surface area contributed by atoms with Crippen LogP contribution < -0.4 is 10.1 Å². The first-order valence-corrected chi connectivity index (χ1v) is 6.44. The molecule has 106 valence electrons. The molecular formula is C15H17NO4. The van der Waals surface area contributed by atoms with E-state index < -0.39 is 17.8 Å². The fourth-order valence-electron chi connectivity index (χ4n) is 2.31. The van der Waals surface area contributed by atoms with Gasteiger partial charge >= 0.3 is 5.97 Å². The van der Waals surface area contributed by atoms with E-state index in [1.165, 1.54) is 0 Å². The predicted octanol–water partition coefficient (Wildman–Crippen LogP) is 2.30. The molecule has 0 aliphatic heterocycles. The number of hydrogen-bond acceptors (Lipinski definition) is 3. The van der Waals surface area contributed by atoms with Crippen molar-refractivity contribution >= 4 is 17.6 Å². The number of amides is 1. The van der Waals surface area contributed by atoms with Crippen molar-refractivity contribution < 1.29 is 19.4 Å². The van der Waals surface area contributed by atoms with Gasteiger partial charge in [-0.2, -0.15) is 0 Å². The van der Waals surface area contributed by atoms with Gasteiger partial charge in [-0.05, 0) is 25.0 Å². The molecule has 1 aliphatic carbocycles. The van der Waals surface area contributed by atoms with Crippen LogP contribution in [0.4, 0.5) is 5.69 Å². The number of benzene rings is 1. The van der Waals surface area contributed by atoms with Crippen LogP contribution in [0.5, 0.6) is 5.75 Å². The molecule has 5 heteroatoms. The number of anilines is 1. The first-order chi connectivity index (χ1) is 9.61. The third-order valence-electron chi connectivity index (χ3n) is 3.42. The number of carbonyl (C=O) groups excluding carboxylic acids is 1. The van der Waals surface area contributed by atoms with Gasteiger partial charge in [0.15, 0.2) is 0 Å². The molecule has 2 atom stereocenters. The number of methoxy groups -OCH3 is 1. The minimum Gasteiger partial charge on any atom is -0.497 e. The average molecular weight is 275 g/mol. The highest BCUT2D eigenvalue weighted by Gasteiger charge is 2.33. The molecule has 1 aromatic carbocycles. The molecule has 0 aromatic heterocycles. The van der Waals surface area contributed by atoms with Gasteiger partial charge in [-0.25, -0.2) is 0 Å². The molecule has 0 fully saturated rings. The lowest BCUT2D eigenvalue weighted by atomic mass is 9.82. The second kappa shape index (κ2) is 6.23. The average Bonchev–Trinajstić information content (AvgIpc) is 2.47. The van der Waals surface area contributed by atoms with E-state index in [-0.39, 0.29) is 5.91 Å². The Labute approximate surface area is 117 Å². The van der Waals surface area contributed by atoms with Gasteiger partial charge in [0.1, 0.15) is 5.75 Å². The highest BCUT2D eigenvalue weighted by Crippen LogP contribution is 2.27. The fourth-order valence-corrected chi connectivity index (χ4v) is 2.31. The van der Waals surface area contributed by atoms with E-state index >= 15 is 0 Å². The van der Waals surface area contributed by atoms with Crippen LogP contribution in [0.25, 0.3) is 0 Å². The molecule has 2 N–H and O–H groups in total. The zero-order valence-corrected chi connectivity index (χ0v) is 11.2. The minimum absolute atomic E-state index is 0.269. The molecule has 1 aromatic rings. The van der Waals surface area contributed by atoms with Crippen molar-refractivity contribution in [2.24, 2.45) is 11.8 Å². The van der Waals surface area contributed by atoms with Crippen molar-refractivity contribution in [1.82, 2.24) is 0 Å². The summed E-state index contributed by atoms with van der Waals surface area (Å²) in [7, 11) is 1.55. The molecule has 0 unspecified atom stereocenters. The Balaban J connectivity index is 2.10. The summed E-state index contributed by atoms with van der Waals surface area (Å²) in [5.41, 5.74) is 0.605. The first-order valence-electron chi connectivity index (χ1n) is 6.44. The maximum Gasteiger partial charge on any atom is 0.307 e. The second-order valence-corrected chi connectivity index (χ2v) is 4.72. The Kier molecular flexibility index (Phi) is 4.40. The number of carboxylic acid groups (broad SMARTS) is 1. The topological polar surface area (TPSA) is 75.6 Å². The summed E-state index contributed by atoms with van der Waals surface area (Å²) in [6, 6.07) is 6.99. The normalized spacial score (nSPS) is 21.2. The van der Waals surface area contributed by atoms with E-state index in [9.17, 15) is 14.7 Å². The Morgan fingerprint density at radius 2 is 1.95 bits per heavy atom. The number of aliphatic carboxylic acids is 1. The highest BCUT2D eigenvalue weighted by molar-refractivity contribution is 5.95. The number of carbonyl (C=O) groups is 2. The highest BCUT2D eigenvalue weighted by atomic mass is 16.5. The van der Waals surface area contributed by atoms with E-state index in [0.29, 0.717) is 24.3 Å². The largest absolute Gasteiger partial charge is 0.497 e. The smallest absolute Gasteiger partial charge is 0.307 e. The number of hydrogen-bond donors (Lipinski definition) is 2. The monoisotopic (exact) mass is 275 g/mol. The van der Waals surface area contributed by atoms with Crippen LogP contribution in [-0.4, -0.2) is 24.1 Å². The number of nitrogens with one attached hydrogen (secondary N) is 1. The number of ether oxygens (including phenoxy) is 1. The number of rotatable bonds is 4. The second-order valence-electron chi connectivity index (χ2n) is 4.72. The van der Waals surface area contributed by atoms with E-state index in [0.717, 1.165) is 0 Å². The Morgan fingerprint density at radius 1 is 1.25 bits per heavy atom. The lowest BCUT2D eigenvalue weighted by Gasteiger charge is -2.24. The van der Waals surface area contributed by atoms with Gasteiger partial charge < -0.3 is 15.2 Å². The minimum atomic E-state index is -0.930. The third-order valence-corrected chi connectivity index (χ3v) is 3.42. The van der Waals surface area contributed by atoms with Crippen LogP contribution >= 0.6 is 0 Å². The van der Waals surface area contributed by atoms with Crippen LogP contribution in [0.15, 0.2) is 36.4 Å². The van der Waals surface area contributed by atoms with Crippen LogP contribution in [0.1, 0.15) is 12.8 Å². The van der Waals surface area contributed by atoms with Gasteiger partial charge in [-0.1, -0.05) is 18.2 Å². The third kappa shape index (κ3) is 3.17. The van der Waals surface area contributed by atoms with Crippen molar-refractivity contribution in [2.75, 3.05) is 12.4 Å². The summed E-state index contributed by atoms with van der Waals surface area (Å²) < 4.78 is 5.08. The van der Waals surface area contributed by atoms with Crippen molar-refractivity contribution in [2.45, 2.75) is 12.8 Å². The summed E-state index contributed by atoms with van der Waals surface area (Å²) in [4.78, 5) is 23.4. The number of carboxylic acids is 1. The zero-order chi connectivity index (χ0) is 14.5. The quantitative estimate of drug-likeness (QED) is 0.827. The SMILES string of the molecule is COc1cccc(NC(=O)[C@@H]2CC=CC[C@H]2C(=O)O)c1. The lowest BCUT2D eigenvalue weighted by Crippen LogP contribution is -2.34. The Morgan fingerprint density at radius 3 is 2.60 bits per heavy atom. The lowest BCUT2D eigenvalue weighted by molar-refractivity contribution is -0.146. The molecule has 0 heterocycles. The standard InChI is InChI=1S/C15H17NO4/c1-20-11-6-4-5-10(9-11)16-14(17)12-7-2-3-8-13(12)15(18)19/h2-6,9,12-13H,7-8H2,1H3,(H,16,17)(H,18,19)/t12-,13-/m1/s1. The predicted molar refractivity (Wildman–Crippen MR) is 74.6 cm³/mol. The molecule has 0 bridgehead atoms.